The molecule has 0 saturated carbocycles. The molecule has 8 heteroatoms. The zero-order chi connectivity index (χ0) is 18.7. The summed E-state index contributed by atoms with van der Waals surface area (Å²) in [4.78, 5) is 41.7. The first-order valence-corrected chi connectivity index (χ1v) is 8.52. The highest BCUT2D eigenvalue weighted by atomic mass is 19.1. The summed E-state index contributed by atoms with van der Waals surface area (Å²) in [6.07, 6.45) is 0.759. The molecule has 26 heavy (non-hydrogen) atoms. The SMILES string of the molecule is Cc1[nH]c(=O)[nH]c(=O)c1CC(=O)NC[C@@H]1CCN(c2ccccc2F)C1. The van der Waals surface area contributed by atoms with Crippen molar-refractivity contribution < 1.29 is 9.18 Å². The number of aryl methyl sites for hydroxylation is 1. The van der Waals surface area contributed by atoms with E-state index in [2.05, 4.69) is 15.3 Å². The molecule has 1 aromatic heterocycles. The van der Waals surface area contributed by atoms with Crippen molar-refractivity contribution in [3.63, 3.8) is 0 Å². The summed E-state index contributed by atoms with van der Waals surface area (Å²) in [5.41, 5.74) is 0.0857. The van der Waals surface area contributed by atoms with E-state index in [-0.39, 0.29) is 29.6 Å². The van der Waals surface area contributed by atoms with E-state index in [0.717, 1.165) is 13.0 Å². The van der Waals surface area contributed by atoms with Crippen molar-refractivity contribution in [2.45, 2.75) is 19.8 Å². The Hall–Kier alpha value is -2.90. The highest BCUT2D eigenvalue weighted by Gasteiger charge is 2.24. The Balaban J connectivity index is 1.54. The van der Waals surface area contributed by atoms with Crippen molar-refractivity contribution in [3.8, 4) is 0 Å². The lowest BCUT2D eigenvalue weighted by atomic mass is 10.1. The molecule has 1 aliphatic heterocycles. The van der Waals surface area contributed by atoms with Crippen molar-refractivity contribution in [3.05, 3.63) is 62.2 Å². The molecule has 0 spiro atoms. The van der Waals surface area contributed by atoms with E-state index in [1.54, 1.807) is 25.1 Å². The molecule has 0 unspecified atom stereocenters. The number of nitrogens with one attached hydrogen (secondary N) is 3. The van der Waals surface area contributed by atoms with Gasteiger partial charge in [-0.15, -0.1) is 0 Å². The van der Waals surface area contributed by atoms with Crippen molar-refractivity contribution in [2.24, 2.45) is 5.92 Å². The second-order valence-corrected chi connectivity index (χ2v) is 6.54. The first-order chi connectivity index (χ1) is 12.4. The number of aromatic amines is 2. The van der Waals surface area contributed by atoms with Gasteiger partial charge in [-0.3, -0.25) is 14.6 Å². The lowest BCUT2D eigenvalue weighted by Gasteiger charge is -2.19. The molecule has 1 aromatic carbocycles. The number of H-pyrrole nitrogens is 2. The minimum absolute atomic E-state index is 0.0955. The molecule has 2 aromatic rings. The largest absolute Gasteiger partial charge is 0.369 e. The molecular formula is C18H21FN4O3. The van der Waals surface area contributed by atoms with Crippen LogP contribution in [0.2, 0.25) is 0 Å². The van der Waals surface area contributed by atoms with Gasteiger partial charge in [0.2, 0.25) is 5.91 Å². The van der Waals surface area contributed by atoms with E-state index in [0.29, 0.717) is 24.5 Å². The standard InChI is InChI=1S/C18H21FN4O3/c1-11-13(17(25)22-18(26)21-11)8-16(24)20-9-12-6-7-23(10-12)15-5-3-2-4-14(15)19/h2-5,12H,6-10H2,1H3,(H,20,24)(H2,21,22,25,26)/t12-/m0/s1. The van der Waals surface area contributed by atoms with Gasteiger partial charge < -0.3 is 15.2 Å². The lowest BCUT2D eigenvalue weighted by molar-refractivity contribution is -0.120. The summed E-state index contributed by atoms with van der Waals surface area (Å²) in [7, 11) is 0. The fourth-order valence-electron chi connectivity index (χ4n) is 3.25. The number of benzene rings is 1. The van der Waals surface area contributed by atoms with E-state index < -0.39 is 11.2 Å². The van der Waals surface area contributed by atoms with Crippen LogP contribution in [0, 0.1) is 18.7 Å². The molecule has 2 heterocycles. The van der Waals surface area contributed by atoms with Crippen LogP contribution < -0.4 is 21.5 Å². The van der Waals surface area contributed by atoms with Crippen molar-refractivity contribution >= 4 is 11.6 Å². The highest BCUT2D eigenvalue weighted by molar-refractivity contribution is 5.78. The molecule has 7 nitrogen and oxygen atoms in total. The minimum Gasteiger partial charge on any atom is -0.369 e. The maximum absolute atomic E-state index is 13.9. The van der Waals surface area contributed by atoms with Crippen LogP contribution in [-0.2, 0) is 11.2 Å². The number of rotatable bonds is 5. The van der Waals surface area contributed by atoms with Gasteiger partial charge >= 0.3 is 5.69 Å². The molecular weight excluding hydrogens is 339 g/mol. The Bertz CT molecular complexity index is 921. The Labute approximate surface area is 149 Å². The molecule has 138 valence electrons. The molecule has 1 amide bonds. The molecule has 1 atom stereocenters. The Morgan fingerprint density at radius 1 is 1.31 bits per heavy atom. The van der Waals surface area contributed by atoms with Gasteiger partial charge in [-0.05, 0) is 31.4 Å². The summed E-state index contributed by atoms with van der Waals surface area (Å²) in [5.74, 6) is -0.312. The maximum atomic E-state index is 13.9. The van der Waals surface area contributed by atoms with E-state index >= 15 is 0 Å². The number of anilines is 1. The van der Waals surface area contributed by atoms with E-state index in [9.17, 15) is 18.8 Å². The first-order valence-electron chi connectivity index (χ1n) is 8.52. The molecule has 1 fully saturated rings. The zero-order valence-corrected chi connectivity index (χ0v) is 14.5. The number of hydrogen-bond acceptors (Lipinski definition) is 4. The Morgan fingerprint density at radius 2 is 2.08 bits per heavy atom. The summed E-state index contributed by atoms with van der Waals surface area (Å²) in [6, 6.07) is 6.65. The molecule has 3 N–H and O–H groups in total. The highest BCUT2D eigenvalue weighted by Crippen LogP contribution is 2.25. The number of nitrogens with zero attached hydrogens (tertiary/aromatic N) is 1. The van der Waals surface area contributed by atoms with Gasteiger partial charge in [0.25, 0.3) is 5.56 Å². The first kappa shape index (κ1) is 17.9. The minimum atomic E-state index is -0.587. The van der Waals surface area contributed by atoms with E-state index in [1.165, 1.54) is 6.07 Å². The molecule has 1 saturated heterocycles. The number of aromatic nitrogens is 2. The Morgan fingerprint density at radius 3 is 2.81 bits per heavy atom. The molecule has 0 aliphatic carbocycles. The molecule has 1 aliphatic rings. The quantitative estimate of drug-likeness (QED) is 0.731. The number of carbonyl (C=O) groups is 1. The van der Waals surface area contributed by atoms with Crippen LogP contribution in [0.3, 0.4) is 0 Å². The predicted molar refractivity (Wildman–Crippen MR) is 95.9 cm³/mol. The molecule has 3 rings (SSSR count). The number of para-hydroxylation sites is 1. The van der Waals surface area contributed by atoms with Crippen LogP contribution in [0.4, 0.5) is 10.1 Å². The topological polar surface area (TPSA) is 98.1 Å². The second-order valence-electron chi connectivity index (χ2n) is 6.54. The van der Waals surface area contributed by atoms with Crippen LogP contribution in [0.15, 0.2) is 33.9 Å². The third kappa shape index (κ3) is 4.01. The van der Waals surface area contributed by atoms with E-state index in [4.69, 9.17) is 0 Å². The summed E-state index contributed by atoms with van der Waals surface area (Å²) in [5, 5.41) is 2.82. The normalized spacial score (nSPS) is 16.7. The number of amides is 1. The fourth-order valence-corrected chi connectivity index (χ4v) is 3.25. The van der Waals surface area contributed by atoms with Gasteiger partial charge in [0.05, 0.1) is 12.1 Å². The smallest absolute Gasteiger partial charge is 0.325 e. The fraction of sp³-hybridized carbons (Fsp3) is 0.389. The average Bonchev–Trinajstić information content (AvgIpc) is 3.05. The van der Waals surface area contributed by atoms with Gasteiger partial charge in [0.15, 0.2) is 0 Å². The summed E-state index contributed by atoms with van der Waals surface area (Å²) < 4.78 is 13.9. The van der Waals surface area contributed by atoms with Crippen LogP contribution in [-0.4, -0.2) is 35.5 Å². The van der Waals surface area contributed by atoms with Crippen molar-refractivity contribution in [2.75, 3.05) is 24.5 Å². The van der Waals surface area contributed by atoms with Crippen LogP contribution >= 0.6 is 0 Å². The third-order valence-corrected chi connectivity index (χ3v) is 4.66. The van der Waals surface area contributed by atoms with Gasteiger partial charge in [-0.2, -0.15) is 0 Å². The molecule has 0 bridgehead atoms. The lowest BCUT2D eigenvalue weighted by Crippen LogP contribution is -2.35. The number of hydrogen-bond donors (Lipinski definition) is 3. The molecule has 0 radical (unpaired) electrons. The third-order valence-electron chi connectivity index (χ3n) is 4.66. The van der Waals surface area contributed by atoms with Gasteiger partial charge in [0.1, 0.15) is 5.82 Å². The van der Waals surface area contributed by atoms with Crippen LogP contribution in [0.1, 0.15) is 17.7 Å². The Kier molecular flexibility index (Phi) is 5.20. The predicted octanol–water partition coefficient (Wildman–Crippen LogP) is 0.696. The van der Waals surface area contributed by atoms with Crippen molar-refractivity contribution in [1.29, 1.82) is 0 Å². The monoisotopic (exact) mass is 360 g/mol. The summed E-state index contributed by atoms with van der Waals surface area (Å²) >= 11 is 0. The van der Waals surface area contributed by atoms with Crippen LogP contribution in [0.5, 0.6) is 0 Å². The van der Waals surface area contributed by atoms with Crippen molar-refractivity contribution in [1.82, 2.24) is 15.3 Å². The van der Waals surface area contributed by atoms with Gasteiger partial charge in [-0.1, -0.05) is 12.1 Å². The van der Waals surface area contributed by atoms with Gasteiger partial charge in [-0.25, -0.2) is 9.18 Å². The number of carbonyl (C=O) groups excluding carboxylic acids is 1. The summed E-state index contributed by atoms with van der Waals surface area (Å²) in [6.45, 7) is 3.45. The maximum Gasteiger partial charge on any atom is 0.325 e. The second kappa shape index (κ2) is 7.55. The zero-order valence-electron chi connectivity index (χ0n) is 14.5. The number of halogens is 1. The van der Waals surface area contributed by atoms with E-state index in [1.807, 2.05) is 4.90 Å². The van der Waals surface area contributed by atoms with Gasteiger partial charge in [0, 0.05) is 30.9 Å². The van der Waals surface area contributed by atoms with Crippen LogP contribution in [0.25, 0.3) is 0 Å². The average molecular weight is 360 g/mol.